The fourth-order valence-electron chi connectivity index (χ4n) is 0.939. The number of aromatic nitrogens is 1. The molecule has 0 saturated carbocycles. The second-order valence-electron chi connectivity index (χ2n) is 2.22. The van der Waals surface area contributed by atoms with Crippen molar-refractivity contribution < 1.29 is 26.0 Å². The maximum atomic E-state index is 11.2. The molecule has 0 saturated heterocycles. The Balaban J connectivity index is 3.27. The Kier molecular flexibility index (Phi) is 3.88. The van der Waals surface area contributed by atoms with Gasteiger partial charge in [-0.3, -0.25) is 0 Å². The molecule has 0 aliphatic heterocycles. The molecule has 66 valence electrons. The van der Waals surface area contributed by atoms with Crippen LogP contribution in [0.25, 0.3) is 0 Å². The summed E-state index contributed by atoms with van der Waals surface area (Å²) in [4.78, 5) is 17.5. The monoisotopic (exact) mass is 388 g/mol. The Morgan fingerprint density at radius 1 is 1.67 bits per heavy atom. The number of hydrogen-bond donors (Lipinski definition) is 0. The van der Waals surface area contributed by atoms with Gasteiger partial charge in [0.1, 0.15) is 0 Å². The predicted molar refractivity (Wildman–Crippen MR) is 51.9 cm³/mol. The van der Waals surface area contributed by atoms with E-state index in [1.54, 1.807) is 12.3 Å². The summed E-state index contributed by atoms with van der Waals surface area (Å²) in [6.07, 6.45) is 1.70. The molecular formula is C8H8I2NO-. The van der Waals surface area contributed by atoms with E-state index in [-0.39, 0.29) is 25.0 Å². The summed E-state index contributed by atoms with van der Waals surface area (Å²) in [5.41, 5.74) is 1.85. The SMILES string of the molecule is C[I-]c1c(C(=O)I)ccnc1C. The second-order valence-corrected chi connectivity index (χ2v) is 5.36. The average molecular weight is 388 g/mol. The molecule has 1 heterocycles. The number of carbonyl (C=O) groups excluding carboxylic acids is 1. The number of nitrogens with zero attached hydrogens (tertiary/aromatic N) is 1. The van der Waals surface area contributed by atoms with Gasteiger partial charge in [0.25, 0.3) is 0 Å². The summed E-state index contributed by atoms with van der Waals surface area (Å²) in [5, 5.41) is 0. The van der Waals surface area contributed by atoms with E-state index in [0.29, 0.717) is 0 Å². The summed E-state index contributed by atoms with van der Waals surface area (Å²) >= 11 is 1.77. The Labute approximate surface area is 95.6 Å². The van der Waals surface area contributed by atoms with Crippen LogP contribution in [0.2, 0.25) is 0 Å². The number of pyridine rings is 1. The van der Waals surface area contributed by atoms with E-state index in [4.69, 9.17) is 0 Å². The van der Waals surface area contributed by atoms with E-state index >= 15 is 0 Å². The molecule has 4 heteroatoms. The number of aryl methyl sites for hydroxylation is 1. The Morgan fingerprint density at radius 2 is 2.33 bits per heavy atom. The van der Waals surface area contributed by atoms with E-state index in [1.165, 1.54) is 3.57 Å². The van der Waals surface area contributed by atoms with Crippen LogP contribution in [0.4, 0.5) is 0 Å². The van der Waals surface area contributed by atoms with Crippen molar-refractivity contribution in [2.24, 2.45) is 0 Å². The van der Waals surface area contributed by atoms with Crippen molar-refractivity contribution in [3.63, 3.8) is 0 Å². The molecule has 0 aliphatic rings. The van der Waals surface area contributed by atoms with Crippen molar-refractivity contribution in [2.75, 3.05) is 4.93 Å². The topological polar surface area (TPSA) is 30.0 Å². The van der Waals surface area contributed by atoms with Gasteiger partial charge in [-0.1, -0.05) is 0 Å². The van der Waals surface area contributed by atoms with Crippen molar-refractivity contribution >= 4 is 26.4 Å². The van der Waals surface area contributed by atoms with Crippen LogP contribution in [0.15, 0.2) is 12.3 Å². The fourth-order valence-corrected chi connectivity index (χ4v) is 3.83. The molecular weight excluding hydrogens is 380 g/mol. The average Bonchev–Trinajstić information content (AvgIpc) is 2.03. The van der Waals surface area contributed by atoms with Gasteiger partial charge in [0.15, 0.2) is 0 Å². The molecule has 1 aromatic rings. The van der Waals surface area contributed by atoms with Gasteiger partial charge in [0, 0.05) is 0 Å². The van der Waals surface area contributed by atoms with E-state index < -0.39 is 0 Å². The molecule has 0 unspecified atom stereocenters. The zero-order valence-corrected chi connectivity index (χ0v) is 11.1. The molecule has 2 nitrogen and oxygen atoms in total. The Hall–Kier alpha value is 0.280. The van der Waals surface area contributed by atoms with Gasteiger partial charge in [0.2, 0.25) is 0 Å². The molecule has 1 rings (SSSR count). The van der Waals surface area contributed by atoms with E-state index in [9.17, 15) is 4.79 Å². The van der Waals surface area contributed by atoms with Gasteiger partial charge >= 0.3 is 96.3 Å². The van der Waals surface area contributed by atoms with E-state index in [0.717, 1.165) is 11.3 Å². The Bertz CT molecular complexity index is 312. The first-order chi connectivity index (χ1) is 5.66. The molecule has 0 spiro atoms. The molecule has 0 amide bonds. The summed E-state index contributed by atoms with van der Waals surface area (Å²) in [5.74, 6) is 0. The molecule has 0 bridgehead atoms. The Morgan fingerprint density at radius 3 is 2.75 bits per heavy atom. The van der Waals surface area contributed by atoms with Crippen molar-refractivity contribution in [1.29, 1.82) is 0 Å². The van der Waals surface area contributed by atoms with Gasteiger partial charge in [-0.2, -0.15) is 0 Å². The van der Waals surface area contributed by atoms with E-state index in [2.05, 4.69) is 9.91 Å². The van der Waals surface area contributed by atoms with Gasteiger partial charge < -0.3 is 0 Å². The first-order valence-corrected chi connectivity index (χ1v) is 7.63. The molecule has 0 aromatic carbocycles. The number of alkyl halides is 1. The first kappa shape index (κ1) is 10.4. The fraction of sp³-hybridized carbons (Fsp3) is 0.250. The number of halogens is 2. The number of rotatable bonds is 2. The van der Waals surface area contributed by atoms with Gasteiger partial charge in [0.05, 0.1) is 0 Å². The van der Waals surface area contributed by atoms with Gasteiger partial charge in [-0.05, 0) is 0 Å². The predicted octanol–water partition coefficient (Wildman–Crippen LogP) is -1.15. The standard InChI is InChI=1S/C8H8I2NO/c1-5-7(10-2)6(8(9)12)3-4-11-5/h3-4H,1-2H3/q-1. The third kappa shape index (κ3) is 2.15. The molecule has 0 radical (unpaired) electrons. The van der Waals surface area contributed by atoms with Gasteiger partial charge in [-0.25, -0.2) is 0 Å². The van der Waals surface area contributed by atoms with Crippen LogP contribution in [0.5, 0.6) is 0 Å². The third-order valence-electron chi connectivity index (χ3n) is 1.46. The van der Waals surface area contributed by atoms with Crippen LogP contribution >= 0.6 is 22.6 Å². The summed E-state index contributed by atoms with van der Waals surface area (Å²) < 4.78 is 1.30. The van der Waals surface area contributed by atoms with Crippen LogP contribution in [-0.2, 0) is 0 Å². The molecule has 0 fully saturated rings. The van der Waals surface area contributed by atoms with Crippen molar-refractivity contribution in [3.05, 3.63) is 27.1 Å². The van der Waals surface area contributed by atoms with Crippen LogP contribution in [-0.4, -0.2) is 13.7 Å². The van der Waals surface area contributed by atoms with Crippen LogP contribution < -0.4 is 21.2 Å². The summed E-state index contributed by atoms with van der Waals surface area (Å²) in [6.45, 7) is 1.96. The quantitative estimate of drug-likeness (QED) is 0.364. The molecule has 1 aromatic heterocycles. The molecule has 12 heavy (non-hydrogen) atoms. The summed E-state index contributed by atoms with van der Waals surface area (Å²) in [7, 11) is 0. The van der Waals surface area contributed by atoms with Crippen LogP contribution in [0, 0.1) is 10.5 Å². The molecule has 0 atom stereocenters. The maximum absolute atomic E-state index is 11.2. The van der Waals surface area contributed by atoms with Crippen LogP contribution in [0.3, 0.4) is 0 Å². The second kappa shape index (κ2) is 4.50. The third-order valence-corrected chi connectivity index (χ3v) is 4.49. The number of hydrogen-bond acceptors (Lipinski definition) is 2. The van der Waals surface area contributed by atoms with Crippen molar-refractivity contribution in [1.82, 2.24) is 4.98 Å². The minimum atomic E-state index is -0.0557. The van der Waals surface area contributed by atoms with Crippen LogP contribution in [0.1, 0.15) is 16.1 Å². The van der Waals surface area contributed by atoms with E-state index in [1.807, 2.05) is 29.5 Å². The normalized spacial score (nSPS) is 10.2. The first-order valence-electron chi connectivity index (χ1n) is 3.31. The molecule has 0 aliphatic carbocycles. The van der Waals surface area contributed by atoms with Crippen molar-refractivity contribution in [2.45, 2.75) is 6.92 Å². The molecule has 0 N–H and O–H groups in total. The zero-order valence-electron chi connectivity index (χ0n) is 6.77. The summed E-state index contributed by atoms with van der Waals surface area (Å²) in [6, 6.07) is 1.81. The van der Waals surface area contributed by atoms with Gasteiger partial charge in [-0.15, -0.1) is 0 Å². The number of carbonyl (C=O) groups is 1. The zero-order chi connectivity index (χ0) is 9.14. The van der Waals surface area contributed by atoms with Crippen molar-refractivity contribution in [3.8, 4) is 0 Å². The minimum absolute atomic E-state index is 0.0557.